The first-order valence-electron chi connectivity index (χ1n) is 12.5. The quantitative estimate of drug-likeness (QED) is 0.294. The molecule has 2 aromatic heterocycles. The third kappa shape index (κ3) is 4.44. The number of carboxylic acids is 1. The molecule has 1 N–H and O–H groups in total. The minimum Gasteiger partial charge on any atom is -0.478 e. The summed E-state index contributed by atoms with van der Waals surface area (Å²) in [5.41, 5.74) is 5.54. The van der Waals surface area contributed by atoms with Crippen molar-refractivity contribution in [3.05, 3.63) is 87.6 Å². The van der Waals surface area contributed by atoms with E-state index < -0.39 is 5.97 Å². The van der Waals surface area contributed by atoms with Gasteiger partial charge in [-0.2, -0.15) is 5.10 Å². The van der Waals surface area contributed by atoms with Gasteiger partial charge in [0, 0.05) is 10.9 Å². The van der Waals surface area contributed by atoms with E-state index in [1.54, 1.807) is 16.8 Å². The Morgan fingerprint density at radius 1 is 1.19 bits per heavy atom. The van der Waals surface area contributed by atoms with E-state index in [1.165, 1.54) is 12.1 Å². The number of aromatic carboxylic acids is 1. The van der Waals surface area contributed by atoms with Crippen molar-refractivity contribution < 1.29 is 14.3 Å². The second-order valence-electron chi connectivity index (χ2n) is 10.4. The van der Waals surface area contributed by atoms with E-state index in [2.05, 4.69) is 25.9 Å². The van der Waals surface area contributed by atoms with Gasteiger partial charge in [0.15, 0.2) is 0 Å². The minimum atomic E-state index is -0.942. The molecule has 1 aliphatic carbocycles. The lowest BCUT2D eigenvalue weighted by molar-refractivity contribution is 0.0696. The number of rotatable bonds is 5. The molecule has 2 aromatic carbocycles. The number of carbonyl (C=O) groups is 1. The number of pyridine rings is 1. The largest absolute Gasteiger partial charge is 0.478 e. The molecule has 37 heavy (non-hydrogen) atoms. The van der Waals surface area contributed by atoms with Crippen LogP contribution < -0.4 is 0 Å². The van der Waals surface area contributed by atoms with Crippen LogP contribution in [0.25, 0.3) is 28.2 Å². The normalized spacial score (nSPS) is 16.8. The van der Waals surface area contributed by atoms with Gasteiger partial charge in [0.05, 0.1) is 28.2 Å². The molecular formula is C30H29ClFN3O2. The summed E-state index contributed by atoms with van der Waals surface area (Å²) in [5, 5.41) is 16.0. The Kier molecular flexibility index (Phi) is 6.40. The van der Waals surface area contributed by atoms with Gasteiger partial charge in [0.2, 0.25) is 0 Å². The Bertz CT molecular complexity index is 1550. The zero-order chi connectivity index (χ0) is 26.5. The Morgan fingerprint density at radius 2 is 1.89 bits per heavy atom. The zero-order valence-corrected chi connectivity index (χ0v) is 22.1. The number of allylic oxidation sites excluding steroid dienone is 1. The number of fused-ring (bicyclic) bond motifs is 2. The number of para-hydroxylation sites is 1. The number of halogens is 2. The zero-order valence-electron chi connectivity index (χ0n) is 21.3. The van der Waals surface area contributed by atoms with Crippen molar-refractivity contribution in [1.29, 1.82) is 0 Å². The molecule has 1 atom stereocenters. The Morgan fingerprint density at radius 3 is 2.57 bits per heavy atom. The van der Waals surface area contributed by atoms with Gasteiger partial charge in [-0.15, -0.1) is 0 Å². The molecule has 2 heterocycles. The second kappa shape index (κ2) is 9.42. The molecule has 0 spiro atoms. The lowest BCUT2D eigenvalue weighted by atomic mass is 9.67. The average Bonchev–Trinajstić information content (AvgIpc) is 3.15. The highest BCUT2D eigenvalue weighted by Crippen LogP contribution is 2.46. The SMILES string of the molecule is CCC(C)(C)[C@H]1C/C(=C\c2c(C)nn(-c3ccc(F)cc3)c2Cl)c2nc3ccccc3c(C(=O)O)c2C1. The van der Waals surface area contributed by atoms with Crippen molar-refractivity contribution in [3.63, 3.8) is 0 Å². The van der Waals surface area contributed by atoms with Gasteiger partial charge in [-0.25, -0.2) is 18.9 Å². The molecule has 7 heteroatoms. The number of benzene rings is 2. The lowest BCUT2D eigenvalue weighted by Gasteiger charge is -2.38. The summed E-state index contributed by atoms with van der Waals surface area (Å²) in [5.74, 6) is -1.05. The highest BCUT2D eigenvalue weighted by atomic mass is 35.5. The van der Waals surface area contributed by atoms with Crippen molar-refractivity contribution in [2.45, 2.75) is 47.0 Å². The van der Waals surface area contributed by atoms with Crippen molar-refractivity contribution in [2.24, 2.45) is 11.3 Å². The molecule has 4 aromatic rings. The van der Waals surface area contributed by atoms with Crippen LogP contribution in [0.4, 0.5) is 4.39 Å². The Labute approximate surface area is 220 Å². The Balaban J connectivity index is 1.74. The topological polar surface area (TPSA) is 68.0 Å². The number of carboxylic acid groups (broad SMARTS) is 1. The fourth-order valence-electron chi connectivity index (χ4n) is 5.21. The molecule has 0 aliphatic heterocycles. The number of hydrogen-bond acceptors (Lipinski definition) is 3. The molecule has 0 bridgehead atoms. The molecule has 5 nitrogen and oxygen atoms in total. The first-order valence-corrected chi connectivity index (χ1v) is 12.9. The van der Waals surface area contributed by atoms with Crippen LogP contribution in [-0.2, 0) is 6.42 Å². The van der Waals surface area contributed by atoms with Gasteiger partial charge in [-0.05, 0) is 78.6 Å². The lowest BCUT2D eigenvalue weighted by Crippen LogP contribution is -2.30. The third-order valence-electron chi connectivity index (χ3n) is 7.88. The standard InChI is InChI=1S/C30H29ClFN3O2/c1-5-30(3,4)19-14-18(15-23-17(2)34-35(28(23)31)21-12-10-20(32)11-13-21)27-24(16-19)26(29(36)37)22-8-6-7-9-25(22)33-27/h6-13,15,19H,5,14,16H2,1-4H3,(H,36,37)/b18-15+/t19-/m0/s1. The molecule has 0 radical (unpaired) electrons. The molecule has 0 saturated heterocycles. The van der Waals surface area contributed by atoms with Crippen LogP contribution in [0.2, 0.25) is 5.15 Å². The number of aromatic nitrogens is 3. The van der Waals surface area contributed by atoms with Crippen LogP contribution in [-0.4, -0.2) is 25.8 Å². The van der Waals surface area contributed by atoms with Crippen molar-refractivity contribution >= 4 is 40.1 Å². The van der Waals surface area contributed by atoms with Crippen LogP contribution in [0.3, 0.4) is 0 Å². The molecule has 0 amide bonds. The van der Waals surface area contributed by atoms with E-state index in [0.29, 0.717) is 39.4 Å². The van der Waals surface area contributed by atoms with Crippen LogP contribution in [0.15, 0.2) is 48.5 Å². The third-order valence-corrected chi connectivity index (χ3v) is 8.25. The van der Waals surface area contributed by atoms with Gasteiger partial charge in [-0.1, -0.05) is 57.0 Å². The summed E-state index contributed by atoms with van der Waals surface area (Å²) in [4.78, 5) is 17.5. The van der Waals surface area contributed by atoms with Crippen LogP contribution in [0, 0.1) is 24.1 Å². The van der Waals surface area contributed by atoms with E-state index >= 15 is 0 Å². The Hall–Kier alpha value is -3.51. The number of nitrogens with zero attached hydrogens (tertiary/aromatic N) is 3. The summed E-state index contributed by atoms with van der Waals surface area (Å²) < 4.78 is 15.1. The molecule has 0 fully saturated rings. The molecule has 0 saturated carbocycles. The van der Waals surface area contributed by atoms with Crippen molar-refractivity contribution in [2.75, 3.05) is 0 Å². The predicted octanol–water partition coefficient (Wildman–Crippen LogP) is 7.76. The van der Waals surface area contributed by atoms with Gasteiger partial charge < -0.3 is 5.11 Å². The van der Waals surface area contributed by atoms with Gasteiger partial charge >= 0.3 is 5.97 Å². The second-order valence-corrected chi connectivity index (χ2v) is 10.8. The maximum Gasteiger partial charge on any atom is 0.336 e. The van der Waals surface area contributed by atoms with Crippen molar-refractivity contribution in [1.82, 2.24) is 14.8 Å². The molecule has 5 rings (SSSR count). The maximum absolute atomic E-state index is 13.5. The first-order chi connectivity index (χ1) is 17.6. The number of hydrogen-bond donors (Lipinski definition) is 1. The van der Waals surface area contributed by atoms with E-state index in [1.807, 2.05) is 37.3 Å². The van der Waals surface area contributed by atoms with Gasteiger partial charge in [0.1, 0.15) is 11.0 Å². The van der Waals surface area contributed by atoms with E-state index in [9.17, 15) is 14.3 Å². The predicted molar refractivity (Wildman–Crippen MR) is 146 cm³/mol. The van der Waals surface area contributed by atoms with Gasteiger partial charge in [0.25, 0.3) is 0 Å². The molecule has 0 unspecified atom stereocenters. The summed E-state index contributed by atoms with van der Waals surface area (Å²) in [6.45, 7) is 8.52. The fraction of sp³-hybridized carbons (Fsp3) is 0.300. The van der Waals surface area contributed by atoms with E-state index in [0.717, 1.165) is 35.2 Å². The van der Waals surface area contributed by atoms with Gasteiger partial charge in [-0.3, -0.25) is 0 Å². The van der Waals surface area contributed by atoms with Crippen LogP contribution in [0.5, 0.6) is 0 Å². The summed E-state index contributed by atoms with van der Waals surface area (Å²) in [6, 6.07) is 13.4. The highest BCUT2D eigenvalue weighted by Gasteiger charge is 2.36. The molecule has 190 valence electrons. The van der Waals surface area contributed by atoms with Crippen molar-refractivity contribution in [3.8, 4) is 5.69 Å². The fourth-order valence-corrected chi connectivity index (χ4v) is 5.54. The number of aryl methyl sites for hydroxylation is 1. The highest BCUT2D eigenvalue weighted by molar-refractivity contribution is 6.31. The monoisotopic (exact) mass is 517 g/mol. The summed E-state index contributed by atoms with van der Waals surface area (Å²) in [7, 11) is 0. The van der Waals surface area contributed by atoms with Crippen LogP contribution >= 0.6 is 11.6 Å². The van der Waals surface area contributed by atoms with E-state index in [-0.39, 0.29) is 17.2 Å². The average molecular weight is 518 g/mol. The molecule has 1 aliphatic rings. The summed E-state index contributed by atoms with van der Waals surface area (Å²) >= 11 is 6.83. The maximum atomic E-state index is 13.5. The minimum absolute atomic E-state index is 0.00463. The first kappa shape index (κ1) is 25.2. The van der Waals surface area contributed by atoms with E-state index in [4.69, 9.17) is 16.6 Å². The summed E-state index contributed by atoms with van der Waals surface area (Å²) in [6.07, 6.45) is 4.37. The smallest absolute Gasteiger partial charge is 0.336 e. The molecular weight excluding hydrogens is 489 g/mol. The van der Waals surface area contributed by atoms with Crippen LogP contribution in [0.1, 0.15) is 66.5 Å².